The molecule has 0 unspecified atom stereocenters. The van der Waals surface area contributed by atoms with Crippen molar-refractivity contribution in [2.75, 3.05) is 0 Å². The van der Waals surface area contributed by atoms with Gasteiger partial charge in [-0.05, 0) is 18.3 Å². The third-order valence-electron chi connectivity index (χ3n) is 1.42. The molecule has 0 aliphatic carbocycles. The van der Waals surface area contributed by atoms with Gasteiger partial charge in [-0.15, -0.1) is 0 Å². The van der Waals surface area contributed by atoms with E-state index in [-0.39, 0.29) is 5.56 Å². The van der Waals surface area contributed by atoms with Crippen LogP contribution in [-0.2, 0) is 0 Å². The highest BCUT2D eigenvalue weighted by Crippen LogP contribution is 2.05. The molecule has 0 saturated carbocycles. The molecule has 2 heterocycles. The Hall–Kier alpha value is -1.76. The van der Waals surface area contributed by atoms with Crippen molar-refractivity contribution in [1.29, 1.82) is 0 Å². The van der Waals surface area contributed by atoms with Crippen molar-refractivity contribution in [3.8, 4) is 11.5 Å². The number of rotatable bonds is 1. The topological polar surface area (TPSA) is 90.2 Å². The van der Waals surface area contributed by atoms with Gasteiger partial charge in [-0.3, -0.25) is 15.0 Å². The van der Waals surface area contributed by atoms with Crippen LogP contribution in [0.1, 0.15) is 0 Å². The summed E-state index contributed by atoms with van der Waals surface area (Å²) in [6, 6.07) is 2.92. The molecule has 66 valence electrons. The average Bonchev–Trinajstić information content (AvgIpc) is 2.53. The minimum Gasteiger partial charge on any atom is -0.280 e. The van der Waals surface area contributed by atoms with E-state index in [2.05, 4.69) is 25.4 Å². The Morgan fingerprint density at radius 3 is 2.69 bits per heavy atom. The normalized spacial score (nSPS) is 10.2. The molecule has 6 nitrogen and oxygen atoms in total. The predicted octanol–water partition coefficient (Wildman–Crippen LogP) is 0.218. The first-order chi connectivity index (χ1) is 6.25. The average molecular weight is 195 g/mol. The highest BCUT2D eigenvalue weighted by molar-refractivity contribution is 7.71. The Balaban J connectivity index is 2.53. The van der Waals surface area contributed by atoms with Crippen LogP contribution in [0.4, 0.5) is 0 Å². The van der Waals surface area contributed by atoms with Crippen LogP contribution in [0, 0.1) is 4.77 Å². The van der Waals surface area contributed by atoms with Crippen LogP contribution in [0.5, 0.6) is 0 Å². The molecule has 3 N–H and O–H groups in total. The molecule has 0 amide bonds. The fraction of sp³-hybridized carbons (Fsp3) is 0. The van der Waals surface area contributed by atoms with Crippen LogP contribution in [0.3, 0.4) is 0 Å². The number of aromatic nitrogens is 5. The molecule has 0 bridgehead atoms. The van der Waals surface area contributed by atoms with E-state index in [4.69, 9.17) is 12.2 Å². The van der Waals surface area contributed by atoms with Gasteiger partial charge in [0.15, 0.2) is 5.82 Å². The Morgan fingerprint density at radius 1 is 1.31 bits per heavy atom. The van der Waals surface area contributed by atoms with Gasteiger partial charge in [0.2, 0.25) is 4.77 Å². The minimum atomic E-state index is -0.252. The maximum absolute atomic E-state index is 10.7. The Labute approximate surface area is 77.0 Å². The van der Waals surface area contributed by atoms with Crippen LogP contribution in [0.25, 0.3) is 11.5 Å². The van der Waals surface area contributed by atoms with Gasteiger partial charge >= 0.3 is 0 Å². The summed E-state index contributed by atoms with van der Waals surface area (Å²) in [5, 5.41) is 11.4. The van der Waals surface area contributed by atoms with Gasteiger partial charge in [0.25, 0.3) is 5.56 Å². The SMILES string of the molecule is O=c1ccc(-c2nc(=S)[nH][nH]2)n[nH]1. The molecule has 0 saturated heterocycles. The maximum Gasteiger partial charge on any atom is 0.264 e. The molecule has 7 heteroatoms. The molecule has 0 aliphatic heterocycles. The zero-order valence-electron chi connectivity index (χ0n) is 6.37. The van der Waals surface area contributed by atoms with Gasteiger partial charge in [0, 0.05) is 6.07 Å². The summed E-state index contributed by atoms with van der Waals surface area (Å²) in [6.07, 6.45) is 0. The van der Waals surface area contributed by atoms with Crippen molar-refractivity contribution in [3.63, 3.8) is 0 Å². The van der Waals surface area contributed by atoms with E-state index in [1.54, 1.807) is 6.07 Å². The lowest BCUT2D eigenvalue weighted by molar-refractivity contribution is 0.977. The first kappa shape index (κ1) is 7.87. The number of H-pyrrole nitrogens is 3. The fourth-order valence-corrected chi connectivity index (χ4v) is 1.01. The highest BCUT2D eigenvalue weighted by atomic mass is 32.1. The smallest absolute Gasteiger partial charge is 0.264 e. The van der Waals surface area contributed by atoms with E-state index in [1.807, 2.05) is 0 Å². The van der Waals surface area contributed by atoms with Crippen LogP contribution >= 0.6 is 12.2 Å². The van der Waals surface area contributed by atoms with E-state index in [1.165, 1.54) is 6.07 Å². The maximum atomic E-state index is 10.7. The number of aromatic amines is 3. The van der Waals surface area contributed by atoms with Crippen molar-refractivity contribution in [3.05, 3.63) is 27.3 Å². The molecule has 2 rings (SSSR count). The van der Waals surface area contributed by atoms with E-state index >= 15 is 0 Å². The van der Waals surface area contributed by atoms with Gasteiger partial charge in [-0.25, -0.2) is 5.10 Å². The van der Waals surface area contributed by atoms with Crippen molar-refractivity contribution in [1.82, 2.24) is 25.4 Å². The van der Waals surface area contributed by atoms with Crippen molar-refractivity contribution >= 4 is 12.2 Å². The molecule has 0 aromatic carbocycles. The zero-order chi connectivity index (χ0) is 9.26. The first-order valence-corrected chi connectivity index (χ1v) is 3.87. The second kappa shape index (κ2) is 2.94. The molecule has 0 fully saturated rings. The molecule has 2 aromatic rings. The molecular formula is C6H5N5OS. The third-order valence-corrected chi connectivity index (χ3v) is 1.62. The van der Waals surface area contributed by atoms with E-state index in [0.29, 0.717) is 16.3 Å². The molecule has 0 radical (unpaired) electrons. The fourth-order valence-electron chi connectivity index (χ4n) is 0.868. The lowest BCUT2D eigenvalue weighted by Crippen LogP contribution is -2.05. The first-order valence-electron chi connectivity index (χ1n) is 3.46. The number of hydrogen-bond donors (Lipinski definition) is 3. The van der Waals surface area contributed by atoms with Crippen LogP contribution in [-0.4, -0.2) is 25.4 Å². The Morgan fingerprint density at radius 2 is 2.15 bits per heavy atom. The summed E-state index contributed by atoms with van der Waals surface area (Å²) in [6.45, 7) is 0. The quantitative estimate of drug-likeness (QED) is 0.567. The third kappa shape index (κ3) is 1.54. The number of nitrogens with zero attached hydrogens (tertiary/aromatic N) is 2. The number of nitrogens with one attached hydrogen (secondary N) is 3. The summed E-state index contributed by atoms with van der Waals surface area (Å²) >= 11 is 4.76. The van der Waals surface area contributed by atoms with Gasteiger partial charge in [-0.2, -0.15) is 10.1 Å². The molecule has 0 spiro atoms. The van der Waals surface area contributed by atoms with Crippen molar-refractivity contribution < 1.29 is 0 Å². The van der Waals surface area contributed by atoms with Crippen molar-refractivity contribution in [2.24, 2.45) is 0 Å². The summed E-state index contributed by atoms with van der Waals surface area (Å²) in [7, 11) is 0. The summed E-state index contributed by atoms with van der Waals surface area (Å²) in [4.78, 5) is 14.6. The minimum absolute atomic E-state index is 0.252. The predicted molar refractivity (Wildman–Crippen MR) is 47.6 cm³/mol. The lowest BCUT2D eigenvalue weighted by atomic mass is 10.4. The van der Waals surface area contributed by atoms with E-state index < -0.39 is 0 Å². The van der Waals surface area contributed by atoms with Crippen molar-refractivity contribution in [2.45, 2.75) is 0 Å². The monoisotopic (exact) mass is 195 g/mol. The molecule has 0 aliphatic rings. The molecular weight excluding hydrogens is 190 g/mol. The second-order valence-corrected chi connectivity index (χ2v) is 2.71. The second-order valence-electron chi connectivity index (χ2n) is 2.32. The van der Waals surface area contributed by atoms with Gasteiger partial charge in [0.1, 0.15) is 5.69 Å². The Bertz CT molecular complexity index is 504. The molecule has 13 heavy (non-hydrogen) atoms. The lowest BCUT2D eigenvalue weighted by Gasteiger charge is -1.90. The standard InChI is InChI=1S/C6H5N5OS/c12-4-2-1-3(8-9-4)5-7-6(13)11-10-5/h1-2H,(H,9,12)(H2,7,10,11,13). The van der Waals surface area contributed by atoms with E-state index in [9.17, 15) is 4.79 Å². The zero-order valence-corrected chi connectivity index (χ0v) is 7.18. The van der Waals surface area contributed by atoms with Crippen LogP contribution < -0.4 is 5.56 Å². The molecule has 0 atom stereocenters. The highest BCUT2D eigenvalue weighted by Gasteiger charge is 2.01. The van der Waals surface area contributed by atoms with Gasteiger partial charge in [0.05, 0.1) is 0 Å². The molecule has 2 aromatic heterocycles. The summed E-state index contributed by atoms with van der Waals surface area (Å²) in [5.41, 5.74) is 0.282. The van der Waals surface area contributed by atoms with Crippen LogP contribution in [0.2, 0.25) is 0 Å². The van der Waals surface area contributed by atoms with Gasteiger partial charge in [-0.1, -0.05) is 0 Å². The Kier molecular flexibility index (Phi) is 1.78. The number of hydrogen-bond acceptors (Lipinski definition) is 4. The summed E-state index contributed by atoms with van der Waals surface area (Å²) < 4.78 is 0.350. The largest absolute Gasteiger partial charge is 0.280 e. The van der Waals surface area contributed by atoms with E-state index in [0.717, 1.165) is 0 Å². The van der Waals surface area contributed by atoms with Gasteiger partial charge < -0.3 is 0 Å². The summed E-state index contributed by atoms with van der Waals surface area (Å²) in [5.74, 6) is 0.501. The van der Waals surface area contributed by atoms with Crippen LogP contribution in [0.15, 0.2) is 16.9 Å².